The highest BCUT2D eigenvalue weighted by Crippen LogP contribution is 2.20. The number of carboxylic acids is 1. The zero-order chi connectivity index (χ0) is 16.6. The standard InChI is InChI=1S/C12H19N3O5S/c1-12(2,3)9(11(17)18)14-10(16)8-5-7(6-15(8)4)21(13,19)20/h5-6,9H,1-4H3,(H,14,16)(H,17,18)(H2,13,19,20)/t9-/m0/s1. The number of amides is 1. The summed E-state index contributed by atoms with van der Waals surface area (Å²) in [5.74, 6) is -1.86. The van der Waals surface area contributed by atoms with Crippen LogP contribution < -0.4 is 10.5 Å². The molecule has 4 N–H and O–H groups in total. The van der Waals surface area contributed by atoms with E-state index in [1.54, 1.807) is 20.8 Å². The zero-order valence-electron chi connectivity index (χ0n) is 12.2. The summed E-state index contributed by atoms with van der Waals surface area (Å²) in [6.45, 7) is 5.02. The number of hydrogen-bond acceptors (Lipinski definition) is 4. The van der Waals surface area contributed by atoms with E-state index in [1.807, 2.05) is 0 Å². The molecule has 1 atom stereocenters. The summed E-state index contributed by atoms with van der Waals surface area (Å²) in [5, 5.41) is 16.5. The van der Waals surface area contributed by atoms with E-state index in [9.17, 15) is 23.1 Å². The van der Waals surface area contributed by atoms with Gasteiger partial charge in [-0.2, -0.15) is 0 Å². The van der Waals surface area contributed by atoms with Crippen molar-refractivity contribution in [2.24, 2.45) is 17.6 Å². The molecule has 21 heavy (non-hydrogen) atoms. The summed E-state index contributed by atoms with van der Waals surface area (Å²) in [6, 6.07) is -0.00971. The molecule has 0 spiro atoms. The number of aryl methyl sites for hydroxylation is 1. The highest BCUT2D eigenvalue weighted by Gasteiger charge is 2.33. The largest absolute Gasteiger partial charge is 0.480 e. The number of aliphatic carboxylic acids is 1. The first kappa shape index (κ1) is 17.2. The van der Waals surface area contributed by atoms with E-state index in [2.05, 4.69) is 5.32 Å². The fourth-order valence-corrected chi connectivity index (χ4v) is 2.35. The number of carbonyl (C=O) groups is 2. The maximum absolute atomic E-state index is 12.1. The molecule has 1 aromatic heterocycles. The number of rotatable bonds is 4. The maximum Gasteiger partial charge on any atom is 0.326 e. The lowest BCUT2D eigenvalue weighted by Crippen LogP contribution is -2.49. The van der Waals surface area contributed by atoms with Gasteiger partial charge in [0.25, 0.3) is 5.91 Å². The number of carbonyl (C=O) groups excluding carboxylic acids is 1. The number of aromatic nitrogens is 1. The first-order chi connectivity index (χ1) is 9.34. The molecule has 0 saturated carbocycles. The summed E-state index contributed by atoms with van der Waals surface area (Å²) in [6.07, 6.45) is 1.19. The SMILES string of the molecule is Cn1cc(S(N)(=O)=O)cc1C(=O)N[C@@H](C(=O)O)C(C)(C)C. The minimum atomic E-state index is -3.93. The molecule has 0 radical (unpaired) electrons. The maximum atomic E-state index is 12.1. The molecule has 0 aliphatic heterocycles. The minimum Gasteiger partial charge on any atom is -0.480 e. The van der Waals surface area contributed by atoms with Crippen molar-refractivity contribution in [3.05, 3.63) is 18.0 Å². The Bertz CT molecular complexity index is 670. The van der Waals surface area contributed by atoms with Crippen LogP contribution in [0.25, 0.3) is 0 Å². The second-order valence-electron chi connectivity index (χ2n) is 5.83. The van der Waals surface area contributed by atoms with Crippen LogP contribution in [0.4, 0.5) is 0 Å². The highest BCUT2D eigenvalue weighted by atomic mass is 32.2. The van der Waals surface area contributed by atoms with Gasteiger partial charge in [0.15, 0.2) is 0 Å². The normalized spacial score (nSPS) is 13.8. The van der Waals surface area contributed by atoms with Crippen molar-refractivity contribution >= 4 is 21.9 Å². The Labute approximate surface area is 123 Å². The van der Waals surface area contributed by atoms with Crippen molar-refractivity contribution in [2.75, 3.05) is 0 Å². The van der Waals surface area contributed by atoms with Crippen molar-refractivity contribution in [1.82, 2.24) is 9.88 Å². The van der Waals surface area contributed by atoms with Crippen LogP contribution in [-0.2, 0) is 21.9 Å². The Morgan fingerprint density at radius 3 is 2.24 bits per heavy atom. The zero-order valence-corrected chi connectivity index (χ0v) is 13.1. The molecule has 0 aromatic carbocycles. The predicted octanol–water partition coefficient (Wildman–Crippen LogP) is -0.0984. The lowest BCUT2D eigenvalue weighted by molar-refractivity contribution is -0.142. The number of hydrogen-bond donors (Lipinski definition) is 3. The van der Waals surface area contributed by atoms with E-state index in [0.29, 0.717) is 0 Å². The number of nitrogens with one attached hydrogen (secondary N) is 1. The summed E-state index contributed by atoms with van der Waals surface area (Å²) >= 11 is 0. The second kappa shape index (κ2) is 5.49. The fraction of sp³-hybridized carbons (Fsp3) is 0.500. The van der Waals surface area contributed by atoms with Gasteiger partial charge in [-0.15, -0.1) is 0 Å². The average molecular weight is 317 g/mol. The quantitative estimate of drug-likeness (QED) is 0.713. The van der Waals surface area contributed by atoms with Crippen molar-refractivity contribution < 1.29 is 23.1 Å². The molecule has 0 aliphatic carbocycles. The summed E-state index contributed by atoms with van der Waals surface area (Å²) in [7, 11) is -2.46. The number of nitrogens with zero attached hydrogens (tertiary/aromatic N) is 1. The highest BCUT2D eigenvalue weighted by molar-refractivity contribution is 7.89. The molecule has 0 unspecified atom stereocenters. The lowest BCUT2D eigenvalue weighted by Gasteiger charge is -2.27. The van der Waals surface area contributed by atoms with Crippen molar-refractivity contribution in [3.8, 4) is 0 Å². The van der Waals surface area contributed by atoms with Gasteiger partial charge in [0, 0.05) is 13.2 Å². The molecule has 0 bridgehead atoms. The van der Waals surface area contributed by atoms with Gasteiger partial charge in [0.1, 0.15) is 16.6 Å². The second-order valence-corrected chi connectivity index (χ2v) is 7.39. The Morgan fingerprint density at radius 2 is 1.90 bits per heavy atom. The van der Waals surface area contributed by atoms with Gasteiger partial charge in [-0.05, 0) is 11.5 Å². The molecule has 1 amide bonds. The average Bonchev–Trinajstić information content (AvgIpc) is 2.65. The van der Waals surface area contributed by atoms with Crippen LogP contribution in [0.5, 0.6) is 0 Å². The predicted molar refractivity (Wildman–Crippen MR) is 75.1 cm³/mol. The van der Waals surface area contributed by atoms with E-state index < -0.39 is 33.4 Å². The fourth-order valence-electron chi connectivity index (χ4n) is 1.77. The van der Waals surface area contributed by atoms with E-state index >= 15 is 0 Å². The molecule has 8 nitrogen and oxygen atoms in total. The van der Waals surface area contributed by atoms with Gasteiger partial charge in [0.2, 0.25) is 10.0 Å². The van der Waals surface area contributed by atoms with Crippen LogP contribution in [-0.4, -0.2) is 36.0 Å². The smallest absolute Gasteiger partial charge is 0.326 e. The molecule has 1 rings (SSSR count). The Hall–Kier alpha value is -1.87. The van der Waals surface area contributed by atoms with Crippen molar-refractivity contribution in [3.63, 3.8) is 0 Å². The monoisotopic (exact) mass is 317 g/mol. The Kier molecular flexibility index (Phi) is 4.49. The summed E-state index contributed by atoms with van der Waals surface area (Å²) < 4.78 is 23.8. The number of carboxylic acid groups (broad SMARTS) is 1. The molecule has 1 aromatic rings. The third kappa shape index (κ3) is 4.05. The van der Waals surface area contributed by atoms with Crippen LogP contribution in [0.3, 0.4) is 0 Å². The Balaban J connectivity index is 3.10. The van der Waals surface area contributed by atoms with Gasteiger partial charge in [0.05, 0.1) is 0 Å². The van der Waals surface area contributed by atoms with Gasteiger partial charge >= 0.3 is 5.97 Å². The molecule has 9 heteroatoms. The van der Waals surface area contributed by atoms with E-state index in [4.69, 9.17) is 5.14 Å². The van der Waals surface area contributed by atoms with Gasteiger partial charge in [-0.1, -0.05) is 20.8 Å². The molecule has 118 valence electrons. The topological polar surface area (TPSA) is 131 Å². The van der Waals surface area contributed by atoms with Crippen LogP contribution in [0.15, 0.2) is 17.2 Å². The summed E-state index contributed by atoms with van der Waals surface area (Å²) in [4.78, 5) is 23.2. The van der Waals surface area contributed by atoms with Gasteiger partial charge in [-0.25, -0.2) is 18.4 Å². The van der Waals surface area contributed by atoms with E-state index in [1.165, 1.54) is 17.8 Å². The van der Waals surface area contributed by atoms with Crippen molar-refractivity contribution in [2.45, 2.75) is 31.7 Å². The molecular weight excluding hydrogens is 298 g/mol. The van der Waals surface area contributed by atoms with Crippen molar-refractivity contribution in [1.29, 1.82) is 0 Å². The first-order valence-corrected chi connectivity index (χ1v) is 7.61. The van der Waals surface area contributed by atoms with Crippen LogP contribution in [0.1, 0.15) is 31.3 Å². The van der Waals surface area contributed by atoms with E-state index in [0.717, 1.165) is 6.07 Å². The third-order valence-corrected chi connectivity index (χ3v) is 3.81. The molecule has 0 aliphatic rings. The van der Waals surface area contributed by atoms with Crippen LogP contribution in [0, 0.1) is 5.41 Å². The molecule has 1 heterocycles. The molecule has 0 saturated heterocycles. The molecular formula is C12H19N3O5S. The summed E-state index contributed by atoms with van der Waals surface area (Å²) in [5.41, 5.74) is -0.690. The number of primary sulfonamides is 1. The first-order valence-electron chi connectivity index (χ1n) is 6.07. The minimum absolute atomic E-state index is 0.00882. The van der Waals surface area contributed by atoms with Crippen LogP contribution >= 0.6 is 0 Å². The van der Waals surface area contributed by atoms with Crippen LogP contribution in [0.2, 0.25) is 0 Å². The number of sulfonamides is 1. The Morgan fingerprint density at radius 1 is 1.38 bits per heavy atom. The number of nitrogens with two attached hydrogens (primary N) is 1. The molecule has 0 fully saturated rings. The van der Waals surface area contributed by atoms with Gasteiger partial charge in [-0.3, -0.25) is 4.79 Å². The lowest BCUT2D eigenvalue weighted by atomic mass is 9.86. The van der Waals surface area contributed by atoms with Gasteiger partial charge < -0.3 is 15.0 Å². The van der Waals surface area contributed by atoms with E-state index in [-0.39, 0.29) is 10.6 Å². The third-order valence-electron chi connectivity index (χ3n) is 2.93.